The molecule has 0 heterocycles. The molecule has 0 bridgehead atoms. The molecular weight excluding hydrogens is 332 g/mol. The molecule has 0 aliphatic carbocycles. The highest BCUT2D eigenvalue weighted by Gasteiger charge is 1.87. The highest BCUT2D eigenvalue weighted by atomic mass is 16.2. The summed E-state index contributed by atoms with van der Waals surface area (Å²) in [4.78, 5) is 9.82. The van der Waals surface area contributed by atoms with E-state index in [1.54, 1.807) is 6.08 Å². The molecule has 0 saturated heterocycles. The lowest BCUT2D eigenvalue weighted by molar-refractivity contribution is -0.104. The van der Waals surface area contributed by atoms with E-state index in [0.717, 1.165) is 19.1 Å². The Bertz CT molecular complexity index is 378. The average molecular weight is 377 g/mol. The number of hydrogen-bond donors (Lipinski definition) is 1. The van der Waals surface area contributed by atoms with Gasteiger partial charge in [-0.3, -0.25) is 4.79 Å². The summed E-state index contributed by atoms with van der Waals surface area (Å²) in [5.41, 5.74) is 0. The third kappa shape index (κ3) is 32.7. The lowest BCUT2D eigenvalue weighted by Crippen LogP contribution is -1.82. The molecule has 0 aromatic carbocycles. The van der Waals surface area contributed by atoms with Gasteiger partial charge in [-0.05, 0) is 44.6 Å². The average Bonchev–Trinajstić information content (AvgIpc) is 2.69. The maximum atomic E-state index is 9.82. The molecule has 2 heteroatoms. The first-order valence-corrected chi connectivity index (χ1v) is 11.0. The first-order valence-electron chi connectivity index (χ1n) is 11.0. The van der Waals surface area contributed by atoms with Crippen LogP contribution < -0.4 is 0 Å². The van der Waals surface area contributed by atoms with Crippen LogP contribution in [0.5, 0.6) is 0 Å². The van der Waals surface area contributed by atoms with Gasteiger partial charge in [-0.15, -0.1) is 0 Å². The summed E-state index contributed by atoms with van der Waals surface area (Å²) in [6.45, 7) is 4.76. The summed E-state index contributed by atoms with van der Waals surface area (Å²) in [7, 11) is 0. The number of aliphatic hydroxyl groups excluding tert-OH is 1. The molecule has 0 unspecified atom stereocenters. The predicted octanol–water partition coefficient (Wildman–Crippen LogP) is 7.50. The van der Waals surface area contributed by atoms with Crippen LogP contribution in [0.4, 0.5) is 0 Å². The highest BCUT2D eigenvalue weighted by Crippen LogP contribution is 2.05. The Morgan fingerprint density at radius 3 is 1.59 bits per heavy atom. The van der Waals surface area contributed by atoms with Gasteiger partial charge in [0.1, 0.15) is 6.29 Å². The molecule has 0 amide bonds. The van der Waals surface area contributed by atoms with Gasteiger partial charge in [-0.1, -0.05) is 101 Å². The molecule has 0 saturated carbocycles. The Hall–Kier alpha value is -1.41. The van der Waals surface area contributed by atoms with E-state index in [9.17, 15) is 4.79 Å². The SMILES string of the molecule is CCCC/C=C\C=C\CCCCCCCO.CCCCC/C=C\C=C\C=O. The smallest absolute Gasteiger partial charge is 0.142 e. The van der Waals surface area contributed by atoms with Gasteiger partial charge >= 0.3 is 0 Å². The summed E-state index contributed by atoms with van der Waals surface area (Å²) in [6.07, 6.45) is 32.8. The van der Waals surface area contributed by atoms with E-state index in [1.165, 1.54) is 76.7 Å². The van der Waals surface area contributed by atoms with Gasteiger partial charge in [0.25, 0.3) is 0 Å². The predicted molar refractivity (Wildman–Crippen MR) is 121 cm³/mol. The van der Waals surface area contributed by atoms with Crippen molar-refractivity contribution < 1.29 is 9.90 Å². The molecular formula is C25H44O2. The molecule has 0 radical (unpaired) electrons. The number of carbonyl (C=O) groups is 1. The van der Waals surface area contributed by atoms with Gasteiger partial charge in [-0.25, -0.2) is 0 Å². The highest BCUT2D eigenvalue weighted by molar-refractivity contribution is 5.65. The second kappa shape index (κ2) is 29.4. The molecule has 27 heavy (non-hydrogen) atoms. The number of aldehydes is 1. The first-order chi connectivity index (χ1) is 13.3. The van der Waals surface area contributed by atoms with Crippen molar-refractivity contribution in [1.29, 1.82) is 0 Å². The Morgan fingerprint density at radius 2 is 1.04 bits per heavy atom. The molecule has 0 aromatic rings. The van der Waals surface area contributed by atoms with Crippen LogP contribution in [0.2, 0.25) is 0 Å². The molecule has 0 aliphatic heterocycles. The Labute approximate surface area is 169 Å². The van der Waals surface area contributed by atoms with E-state index < -0.39 is 0 Å². The van der Waals surface area contributed by atoms with Crippen LogP contribution in [0.15, 0.2) is 48.6 Å². The largest absolute Gasteiger partial charge is 0.396 e. The zero-order valence-corrected chi connectivity index (χ0v) is 18.0. The fraction of sp³-hybridized carbons (Fsp3) is 0.640. The van der Waals surface area contributed by atoms with Gasteiger partial charge < -0.3 is 5.11 Å². The lowest BCUT2D eigenvalue weighted by Gasteiger charge is -1.96. The molecule has 0 atom stereocenters. The molecule has 0 fully saturated rings. The number of allylic oxidation sites excluding steroid dienone is 8. The van der Waals surface area contributed by atoms with Crippen molar-refractivity contribution in [2.45, 2.75) is 97.3 Å². The minimum Gasteiger partial charge on any atom is -0.396 e. The van der Waals surface area contributed by atoms with Crippen molar-refractivity contribution in [3.63, 3.8) is 0 Å². The minimum absolute atomic E-state index is 0.350. The van der Waals surface area contributed by atoms with E-state index in [2.05, 4.69) is 44.2 Å². The fourth-order valence-corrected chi connectivity index (χ4v) is 2.37. The molecule has 0 rings (SSSR count). The van der Waals surface area contributed by atoms with Crippen LogP contribution in [-0.2, 0) is 4.79 Å². The fourth-order valence-electron chi connectivity index (χ4n) is 2.37. The van der Waals surface area contributed by atoms with Gasteiger partial charge in [0, 0.05) is 6.61 Å². The monoisotopic (exact) mass is 376 g/mol. The second-order valence-corrected chi connectivity index (χ2v) is 6.72. The Morgan fingerprint density at radius 1 is 0.556 bits per heavy atom. The van der Waals surface area contributed by atoms with Crippen LogP contribution in [0.1, 0.15) is 97.3 Å². The van der Waals surface area contributed by atoms with Crippen LogP contribution in [0.25, 0.3) is 0 Å². The maximum absolute atomic E-state index is 9.82. The van der Waals surface area contributed by atoms with Crippen LogP contribution >= 0.6 is 0 Å². The normalized spacial score (nSPS) is 11.7. The van der Waals surface area contributed by atoms with Crippen molar-refractivity contribution in [3.05, 3.63) is 48.6 Å². The third-order valence-corrected chi connectivity index (χ3v) is 4.05. The molecule has 156 valence electrons. The van der Waals surface area contributed by atoms with Gasteiger partial charge in [0.05, 0.1) is 0 Å². The van der Waals surface area contributed by atoms with Gasteiger partial charge in [0.15, 0.2) is 0 Å². The molecule has 0 aliphatic rings. The van der Waals surface area contributed by atoms with E-state index in [0.29, 0.717) is 6.61 Å². The van der Waals surface area contributed by atoms with Crippen LogP contribution in [0.3, 0.4) is 0 Å². The van der Waals surface area contributed by atoms with E-state index in [-0.39, 0.29) is 0 Å². The summed E-state index contributed by atoms with van der Waals surface area (Å²) >= 11 is 0. The number of carbonyl (C=O) groups excluding carboxylic acids is 1. The van der Waals surface area contributed by atoms with Crippen molar-refractivity contribution in [1.82, 2.24) is 0 Å². The molecule has 0 spiro atoms. The first kappa shape index (κ1) is 27.8. The lowest BCUT2D eigenvalue weighted by atomic mass is 10.1. The number of rotatable bonds is 17. The van der Waals surface area contributed by atoms with Gasteiger partial charge in [-0.2, -0.15) is 0 Å². The second-order valence-electron chi connectivity index (χ2n) is 6.72. The number of unbranched alkanes of at least 4 members (excludes halogenated alkanes) is 10. The summed E-state index contributed by atoms with van der Waals surface area (Å²) in [5, 5.41) is 8.61. The zero-order valence-electron chi connectivity index (χ0n) is 18.0. The molecule has 0 aromatic heterocycles. The van der Waals surface area contributed by atoms with Crippen molar-refractivity contribution in [2.75, 3.05) is 6.61 Å². The van der Waals surface area contributed by atoms with Crippen molar-refractivity contribution >= 4 is 6.29 Å². The van der Waals surface area contributed by atoms with E-state index >= 15 is 0 Å². The molecule has 2 nitrogen and oxygen atoms in total. The topological polar surface area (TPSA) is 37.3 Å². The zero-order chi connectivity index (χ0) is 20.3. The standard InChI is InChI=1S/C15H28O.C10H16O/c1-2-3-4-5-6-7-8-9-10-11-12-13-14-15-16;1-2-3-4-5-6-7-8-9-10-11/h5-8,16H,2-4,9-15H2,1H3;6-10H,2-5H2,1H3/b6-5-,8-7+;7-6-,9-8+. The summed E-state index contributed by atoms with van der Waals surface area (Å²) < 4.78 is 0. The Balaban J connectivity index is 0. The van der Waals surface area contributed by atoms with E-state index in [4.69, 9.17) is 5.11 Å². The summed E-state index contributed by atoms with van der Waals surface area (Å²) in [6, 6.07) is 0. The quantitative estimate of drug-likeness (QED) is 0.123. The van der Waals surface area contributed by atoms with Crippen molar-refractivity contribution in [3.8, 4) is 0 Å². The van der Waals surface area contributed by atoms with Crippen molar-refractivity contribution in [2.24, 2.45) is 0 Å². The number of hydrogen-bond acceptors (Lipinski definition) is 2. The minimum atomic E-state index is 0.350. The van der Waals surface area contributed by atoms with E-state index in [1.807, 2.05) is 6.08 Å². The van der Waals surface area contributed by atoms with Crippen LogP contribution in [-0.4, -0.2) is 18.0 Å². The maximum Gasteiger partial charge on any atom is 0.142 e. The third-order valence-electron chi connectivity index (χ3n) is 4.05. The van der Waals surface area contributed by atoms with Gasteiger partial charge in [0.2, 0.25) is 0 Å². The molecule has 1 N–H and O–H groups in total. The number of aliphatic hydroxyl groups is 1. The summed E-state index contributed by atoms with van der Waals surface area (Å²) in [5.74, 6) is 0. The Kier molecular flexibility index (Phi) is 30.2. The van der Waals surface area contributed by atoms with Crippen LogP contribution in [0, 0.1) is 0 Å².